The molecule has 0 heterocycles. The lowest BCUT2D eigenvalue weighted by atomic mass is 10.0. The lowest BCUT2D eigenvalue weighted by Gasteiger charge is -2.18. The van der Waals surface area contributed by atoms with Gasteiger partial charge in [0.1, 0.15) is 13.2 Å². The summed E-state index contributed by atoms with van der Waals surface area (Å²) in [6.45, 7) is 13.7. The molecule has 0 aliphatic heterocycles. The van der Waals surface area contributed by atoms with E-state index in [1.165, 1.54) is 186 Å². The molecule has 0 rings (SSSR count). The first-order valence-corrected chi connectivity index (χ1v) is 27.6. The molecule has 0 N–H and O–H groups in total. The van der Waals surface area contributed by atoms with Crippen molar-refractivity contribution in [2.75, 3.05) is 13.2 Å². The molecule has 0 aromatic rings. The average Bonchev–Trinajstić information content (AvgIpc) is 3.23. The fourth-order valence-corrected chi connectivity index (χ4v) is 8.47. The van der Waals surface area contributed by atoms with Crippen LogP contribution in [0.4, 0.5) is 0 Å². The Morgan fingerprint density at radius 3 is 0.694 bits per heavy atom. The van der Waals surface area contributed by atoms with Gasteiger partial charge in [-0.25, -0.2) is 0 Å². The summed E-state index contributed by atoms with van der Waals surface area (Å²) < 4.78 is 16.9. The van der Waals surface area contributed by atoms with Crippen LogP contribution < -0.4 is 0 Å². The Kier molecular flexibility index (Phi) is 46.2. The van der Waals surface area contributed by atoms with Crippen LogP contribution in [0.5, 0.6) is 0 Å². The van der Waals surface area contributed by atoms with Crippen molar-refractivity contribution in [1.29, 1.82) is 0 Å². The Balaban J connectivity index is 4.31. The van der Waals surface area contributed by atoms with Gasteiger partial charge >= 0.3 is 17.9 Å². The van der Waals surface area contributed by atoms with E-state index in [2.05, 4.69) is 41.5 Å². The summed E-state index contributed by atoms with van der Waals surface area (Å²) in [6.07, 6.45) is 48.0. The minimum atomic E-state index is -0.763. The average molecular weight is 877 g/mol. The topological polar surface area (TPSA) is 78.9 Å². The van der Waals surface area contributed by atoms with Crippen molar-refractivity contribution in [3.63, 3.8) is 0 Å². The van der Waals surface area contributed by atoms with Crippen LogP contribution in [-0.4, -0.2) is 37.2 Å². The summed E-state index contributed by atoms with van der Waals surface area (Å²) in [5.41, 5.74) is 0. The Morgan fingerprint density at radius 2 is 0.468 bits per heavy atom. The third kappa shape index (κ3) is 49.4. The fraction of sp³-hybridized carbons (Fsp3) is 0.946. The van der Waals surface area contributed by atoms with E-state index in [-0.39, 0.29) is 31.1 Å². The maximum absolute atomic E-state index is 12.8. The number of carbonyl (C=O) groups excluding carboxylic acids is 3. The summed E-state index contributed by atoms with van der Waals surface area (Å²) in [5, 5.41) is 0. The van der Waals surface area contributed by atoms with Crippen LogP contribution in [0.25, 0.3) is 0 Å². The van der Waals surface area contributed by atoms with Crippen molar-refractivity contribution in [1.82, 2.24) is 0 Å². The second kappa shape index (κ2) is 47.4. The van der Waals surface area contributed by atoms with E-state index in [1.807, 2.05) is 0 Å². The maximum atomic E-state index is 12.8. The lowest BCUT2D eigenvalue weighted by molar-refractivity contribution is -0.167. The zero-order chi connectivity index (χ0) is 45.6. The standard InChI is InChI=1S/C56H108O6/c1-50(2)42-36-30-24-18-12-8-7-9-14-21-27-33-39-45-54(57)60-48-53(49-61-55(58)46-40-34-28-22-17-16-20-26-32-38-44-52(5)6)62-56(59)47-41-35-29-23-15-11-10-13-19-25-31-37-43-51(3)4/h50-53H,7-49H2,1-6H3/t53-/m1/s1. The van der Waals surface area contributed by atoms with Crippen molar-refractivity contribution in [2.45, 2.75) is 311 Å². The fourth-order valence-electron chi connectivity index (χ4n) is 8.47. The zero-order valence-corrected chi connectivity index (χ0v) is 42.7. The normalized spacial score (nSPS) is 12.1. The van der Waals surface area contributed by atoms with Gasteiger partial charge in [-0.2, -0.15) is 0 Å². The molecule has 0 fully saturated rings. The van der Waals surface area contributed by atoms with Crippen LogP contribution in [0.15, 0.2) is 0 Å². The monoisotopic (exact) mass is 877 g/mol. The molecule has 0 aromatic carbocycles. The van der Waals surface area contributed by atoms with Crippen molar-refractivity contribution in [2.24, 2.45) is 17.8 Å². The van der Waals surface area contributed by atoms with E-state index in [4.69, 9.17) is 14.2 Å². The molecule has 0 aliphatic carbocycles. The predicted molar refractivity (Wildman–Crippen MR) is 266 cm³/mol. The number of hydrogen-bond acceptors (Lipinski definition) is 6. The van der Waals surface area contributed by atoms with Crippen LogP contribution in [0.2, 0.25) is 0 Å². The van der Waals surface area contributed by atoms with Gasteiger partial charge in [-0.3, -0.25) is 14.4 Å². The van der Waals surface area contributed by atoms with E-state index in [0.717, 1.165) is 75.5 Å². The Labute approximate surface area is 387 Å². The first-order valence-electron chi connectivity index (χ1n) is 27.6. The highest BCUT2D eigenvalue weighted by Crippen LogP contribution is 2.18. The van der Waals surface area contributed by atoms with E-state index >= 15 is 0 Å². The van der Waals surface area contributed by atoms with Crippen LogP contribution in [0.3, 0.4) is 0 Å². The third-order valence-electron chi connectivity index (χ3n) is 12.6. The predicted octanol–water partition coefficient (Wildman–Crippen LogP) is 17.9. The van der Waals surface area contributed by atoms with Gasteiger partial charge in [0.2, 0.25) is 0 Å². The van der Waals surface area contributed by atoms with E-state index in [1.54, 1.807) is 0 Å². The molecule has 62 heavy (non-hydrogen) atoms. The number of carbonyl (C=O) groups is 3. The quantitative estimate of drug-likeness (QED) is 0.0344. The molecule has 368 valence electrons. The lowest BCUT2D eigenvalue weighted by Crippen LogP contribution is -2.30. The highest BCUT2D eigenvalue weighted by Gasteiger charge is 2.19. The van der Waals surface area contributed by atoms with Gasteiger partial charge < -0.3 is 14.2 Å². The molecule has 1 atom stereocenters. The highest BCUT2D eigenvalue weighted by molar-refractivity contribution is 5.71. The van der Waals surface area contributed by atoms with Gasteiger partial charge in [0, 0.05) is 19.3 Å². The van der Waals surface area contributed by atoms with E-state index in [9.17, 15) is 14.4 Å². The molecule has 0 amide bonds. The first kappa shape index (κ1) is 60.4. The summed E-state index contributed by atoms with van der Waals surface area (Å²) >= 11 is 0. The minimum absolute atomic E-state index is 0.0640. The van der Waals surface area contributed by atoms with Crippen LogP contribution in [0.1, 0.15) is 305 Å². The summed E-state index contributed by atoms with van der Waals surface area (Å²) in [4.78, 5) is 38.1. The molecule has 6 heteroatoms. The van der Waals surface area contributed by atoms with E-state index < -0.39 is 6.10 Å². The molecule has 0 unspecified atom stereocenters. The SMILES string of the molecule is CC(C)CCCCCCCCCCCCCCCC(=O)OC[C@H](COC(=O)CCCCCCCCCCCCC(C)C)OC(=O)CCCCCCCCCCCCCCC(C)C. The van der Waals surface area contributed by atoms with Crippen molar-refractivity contribution < 1.29 is 28.6 Å². The second-order valence-corrected chi connectivity index (χ2v) is 20.6. The number of unbranched alkanes of at least 4 members (excludes halogenated alkanes) is 32. The summed E-state index contributed by atoms with van der Waals surface area (Å²) in [7, 11) is 0. The second-order valence-electron chi connectivity index (χ2n) is 20.6. The highest BCUT2D eigenvalue weighted by atomic mass is 16.6. The van der Waals surface area contributed by atoms with E-state index in [0.29, 0.717) is 19.3 Å². The smallest absolute Gasteiger partial charge is 0.306 e. The third-order valence-corrected chi connectivity index (χ3v) is 12.6. The molecular weight excluding hydrogens is 769 g/mol. The van der Waals surface area contributed by atoms with Gasteiger partial charge in [-0.05, 0) is 37.0 Å². The number of hydrogen-bond donors (Lipinski definition) is 0. The van der Waals surface area contributed by atoms with Gasteiger partial charge in [-0.1, -0.05) is 266 Å². The van der Waals surface area contributed by atoms with Crippen LogP contribution in [-0.2, 0) is 28.6 Å². The molecule has 0 spiro atoms. The summed E-state index contributed by atoms with van der Waals surface area (Å²) in [6, 6.07) is 0. The van der Waals surface area contributed by atoms with Gasteiger partial charge in [0.15, 0.2) is 6.10 Å². The maximum Gasteiger partial charge on any atom is 0.306 e. The van der Waals surface area contributed by atoms with Crippen molar-refractivity contribution >= 4 is 17.9 Å². The van der Waals surface area contributed by atoms with Crippen molar-refractivity contribution in [3.05, 3.63) is 0 Å². The molecule has 0 saturated heterocycles. The largest absolute Gasteiger partial charge is 0.462 e. The van der Waals surface area contributed by atoms with Gasteiger partial charge in [-0.15, -0.1) is 0 Å². The van der Waals surface area contributed by atoms with Crippen LogP contribution in [0, 0.1) is 17.8 Å². The Hall–Kier alpha value is -1.59. The molecule has 6 nitrogen and oxygen atoms in total. The Bertz CT molecular complexity index is 960. The molecule has 0 aromatic heterocycles. The molecular formula is C56H108O6. The van der Waals surface area contributed by atoms with Crippen molar-refractivity contribution in [3.8, 4) is 0 Å². The minimum Gasteiger partial charge on any atom is -0.462 e. The molecule has 0 saturated carbocycles. The van der Waals surface area contributed by atoms with Gasteiger partial charge in [0.05, 0.1) is 0 Å². The summed E-state index contributed by atoms with van der Waals surface area (Å²) in [5.74, 6) is 1.64. The first-order chi connectivity index (χ1) is 30.1. The molecule has 0 aliphatic rings. The zero-order valence-electron chi connectivity index (χ0n) is 42.7. The Morgan fingerprint density at radius 1 is 0.274 bits per heavy atom. The van der Waals surface area contributed by atoms with Crippen LogP contribution >= 0.6 is 0 Å². The number of esters is 3. The molecule has 0 radical (unpaired) electrons. The number of ether oxygens (including phenoxy) is 3. The van der Waals surface area contributed by atoms with Gasteiger partial charge in [0.25, 0.3) is 0 Å². The number of rotatable bonds is 49. The molecule has 0 bridgehead atoms.